The molecule has 1 N–H and O–H groups in total. The maximum absolute atomic E-state index is 13.3. The van der Waals surface area contributed by atoms with Gasteiger partial charge in [0, 0.05) is 5.56 Å². The number of aryl methyl sites for hydroxylation is 2. The van der Waals surface area contributed by atoms with Gasteiger partial charge in [-0.1, -0.05) is 54.5 Å². The summed E-state index contributed by atoms with van der Waals surface area (Å²) in [6.45, 7) is 6.22. The first-order valence-corrected chi connectivity index (χ1v) is 12.7. The van der Waals surface area contributed by atoms with Gasteiger partial charge in [-0.25, -0.2) is 9.78 Å². The minimum atomic E-state index is -0.933. The predicted molar refractivity (Wildman–Crippen MR) is 141 cm³/mol. The number of unbranched alkanes of at least 4 members (excludes halogenated alkanes) is 1. The Bertz CT molecular complexity index is 1360. The van der Waals surface area contributed by atoms with Crippen LogP contribution in [0.4, 0.5) is 5.13 Å². The highest BCUT2D eigenvalue weighted by atomic mass is 32.1. The SMILES string of the molecule is CCCCOc1ccc(C(O)=C2C(=O)C(=O)N(c3nc(C)c(C(=O)OC)s3)C2c2ccc(C)cc2)cc1. The van der Waals surface area contributed by atoms with Gasteiger partial charge in [0.05, 0.1) is 31.0 Å². The molecule has 2 aromatic carbocycles. The number of thiazole rings is 1. The van der Waals surface area contributed by atoms with E-state index in [0.29, 0.717) is 29.2 Å². The molecule has 1 atom stereocenters. The summed E-state index contributed by atoms with van der Waals surface area (Å²) in [5.74, 6) is -1.90. The molecule has 1 amide bonds. The van der Waals surface area contributed by atoms with Crippen LogP contribution in [0.25, 0.3) is 5.76 Å². The zero-order valence-corrected chi connectivity index (χ0v) is 21.9. The lowest BCUT2D eigenvalue weighted by atomic mass is 9.95. The van der Waals surface area contributed by atoms with Crippen LogP contribution in [-0.2, 0) is 14.3 Å². The van der Waals surface area contributed by atoms with Crippen molar-refractivity contribution in [2.24, 2.45) is 0 Å². The van der Waals surface area contributed by atoms with Gasteiger partial charge in [-0.05, 0) is 50.1 Å². The van der Waals surface area contributed by atoms with Crippen molar-refractivity contribution in [2.45, 2.75) is 39.7 Å². The van der Waals surface area contributed by atoms with Crippen LogP contribution in [-0.4, -0.2) is 41.5 Å². The van der Waals surface area contributed by atoms with E-state index < -0.39 is 23.7 Å². The second-order valence-electron chi connectivity index (χ2n) is 8.71. The van der Waals surface area contributed by atoms with E-state index in [0.717, 1.165) is 29.7 Å². The number of aromatic nitrogens is 1. The lowest BCUT2D eigenvalue weighted by Gasteiger charge is -2.23. The molecular weight excluding hydrogens is 492 g/mol. The van der Waals surface area contributed by atoms with E-state index in [1.165, 1.54) is 12.0 Å². The van der Waals surface area contributed by atoms with Crippen LogP contribution in [0.5, 0.6) is 5.75 Å². The number of amides is 1. The summed E-state index contributed by atoms with van der Waals surface area (Å²) >= 11 is 0.964. The third kappa shape index (κ3) is 5.13. The Morgan fingerprint density at radius 2 is 1.76 bits per heavy atom. The van der Waals surface area contributed by atoms with Crippen LogP contribution in [0.15, 0.2) is 54.1 Å². The molecule has 9 heteroatoms. The first kappa shape index (κ1) is 26.1. The summed E-state index contributed by atoms with van der Waals surface area (Å²) in [7, 11) is 1.26. The number of carbonyl (C=O) groups is 3. The number of ether oxygens (including phenoxy) is 2. The molecule has 1 saturated heterocycles. The Morgan fingerprint density at radius 3 is 2.38 bits per heavy atom. The third-order valence-corrected chi connectivity index (χ3v) is 7.23. The monoisotopic (exact) mass is 520 g/mol. The topological polar surface area (TPSA) is 106 Å². The standard InChI is InChI=1S/C28H28N2O6S/c1-5-6-15-36-20-13-11-19(12-14-20)23(31)21-22(18-9-7-16(2)8-10-18)30(26(33)24(21)32)28-29-17(3)25(37-28)27(34)35-4/h7-14,22,31H,5-6,15H2,1-4H3. The lowest BCUT2D eigenvalue weighted by molar-refractivity contribution is -0.132. The lowest BCUT2D eigenvalue weighted by Crippen LogP contribution is -2.29. The fourth-order valence-corrected chi connectivity index (χ4v) is 5.07. The molecule has 1 aromatic heterocycles. The highest BCUT2D eigenvalue weighted by molar-refractivity contribution is 7.17. The number of esters is 1. The van der Waals surface area contributed by atoms with E-state index >= 15 is 0 Å². The zero-order chi connectivity index (χ0) is 26.7. The molecule has 0 saturated carbocycles. The largest absolute Gasteiger partial charge is 0.507 e. The number of anilines is 1. The number of hydrogen-bond acceptors (Lipinski definition) is 8. The molecule has 1 unspecified atom stereocenters. The van der Waals surface area contributed by atoms with Crippen LogP contribution in [0.1, 0.15) is 57.9 Å². The molecule has 4 rings (SSSR count). The van der Waals surface area contributed by atoms with E-state index in [1.54, 1.807) is 43.3 Å². The molecule has 0 bridgehead atoms. The van der Waals surface area contributed by atoms with Gasteiger partial charge in [0.15, 0.2) is 5.13 Å². The first-order chi connectivity index (χ1) is 17.8. The smallest absolute Gasteiger partial charge is 0.350 e. The van der Waals surface area contributed by atoms with Gasteiger partial charge in [0.1, 0.15) is 16.4 Å². The van der Waals surface area contributed by atoms with Gasteiger partial charge in [0.2, 0.25) is 0 Å². The maximum Gasteiger partial charge on any atom is 0.350 e. The molecule has 3 aromatic rings. The summed E-state index contributed by atoms with van der Waals surface area (Å²) < 4.78 is 10.5. The Hall–Kier alpha value is -3.98. The predicted octanol–water partition coefficient (Wildman–Crippen LogP) is 5.35. The average molecular weight is 521 g/mol. The molecule has 37 heavy (non-hydrogen) atoms. The van der Waals surface area contributed by atoms with Crippen molar-refractivity contribution in [3.8, 4) is 5.75 Å². The minimum Gasteiger partial charge on any atom is -0.507 e. The van der Waals surface area contributed by atoms with Crippen molar-refractivity contribution < 1.29 is 29.0 Å². The van der Waals surface area contributed by atoms with Crippen LogP contribution in [0, 0.1) is 13.8 Å². The number of carbonyl (C=O) groups excluding carboxylic acids is 3. The summed E-state index contributed by atoms with van der Waals surface area (Å²) in [6, 6.07) is 13.1. The number of aliphatic hydroxyl groups excluding tert-OH is 1. The highest BCUT2D eigenvalue weighted by Gasteiger charge is 2.48. The Kier molecular flexibility index (Phi) is 7.73. The fourth-order valence-electron chi connectivity index (χ4n) is 4.06. The van der Waals surface area contributed by atoms with Crippen LogP contribution in [0.3, 0.4) is 0 Å². The Labute approximate surface area is 219 Å². The van der Waals surface area contributed by atoms with E-state index in [4.69, 9.17) is 9.47 Å². The van der Waals surface area contributed by atoms with Gasteiger partial charge in [-0.2, -0.15) is 0 Å². The average Bonchev–Trinajstić information content (AvgIpc) is 3.40. The van der Waals surface area contributed by atoms with Crippen LogP contribution >= 0.6 is 11.3 Å². The molecule has 1 aliphatic heterocycles. The highest BCUT2D eigenvalue weighted by Crippen LogP contribution is 2.44. The second-order valence-corrected chi connectivity index (χ2v) is 9.69. The number of hydrogen-bond donors (Lipinski definition) is 1. The van der Waals surface area contributed by atoms with Gasteiger partial charge >= 0.3 is 11.9 Å². The summed E-state index contributed by atoms with van der Waals surface area (Å²) in [6.07, 6.45) is 1.94. The molecule has 1 aliphatic rings. The third-order valence-electron chi connectivity index (χ3n) is 6.09. The number of benzene rings is 2. The van der Waals surface area contributed by atoms with E-state index in [9.17, 15) is 19.5 Å². The Balaban J connectivity index is 1.81. The van der Waals surface area contributed by atoms with Gasteiger partial charge in [0.25, 0.3) is 5.78 Å². The number of methoxy groups -OCH3 is 1. The number of nitrogens with zero attached hydrogens (tertiary/aromatic N) is 2. The molecule has 0 spiro atoms. The molecule has 0 radical (unpaired) electrons. The van der Waals surface area contributed by atoms with Crippen molar-refractivity contribution >= 4 is 39.9 Å². The molecule has 2 heterocycles. The van der Waals surface area contributed by atoms with Crippen LogP contribution < -0.4 is 9.64 Å². The maximum atomic E-state index is 13.3. The van der Waals surface area contributed by atoms with Gasteiger partial charge < -0.3 is 14.6 Å². The van der Waals surface area contributed by atoms with Crippen molar-refractivity contribution in [3.05, 3.63) is 81.4 Å². The first-order valence-electron chi connectivity index (χ1n) is 11.9. The zero-order valence-electron chi connectivity index (χ0n) is 21.1. The summed E-state index contributed by atoms with van der Waals surface area (Å²) in [5.41, 5.74) is 2.33. The molecule has 1 fully saturated rings. The van der Waals surface area contributed by atoms with Crippen molar-refractivity contribution in [1.82, 2.24) is 4.98 Å². The molecule has 192 valence electrons. The van der Waals surface area contributed by atoms with Crippen molar-refractivity contribution in [1.29, 1.82) is 0 Å². The van der Waals surface area contributed by atoms with E-state index in [2.05, 4.69) is 11.9 Å². The van der Waals surface area contributed by atoms with E-state index in [-0.39, 0.29) is 21.3 Å². The number of Topliss-reactive ketones (excluding diaryl/α,β-unsaturated/α-hetero) is 1. The van der Waals surface area contributed by atoms with Gasteiger partial charge in [-0.15, -0.1) is 0 Å². The quantitative estimate of drug-likeness (QED) is 0.140. The van der Waals surface area contributed by atoms with Crippen molar-refractivity contribution in [2.75, 3.05) is 18.6 Å². The van der Waals surface area contributed by atoms with E-state index in [1.807, 2.05) is 19.1 Å². The number of rotatable bonds is 8. The van der Waals surface area contributed by atoms with Gasteiger partial charge in [-0.3, -0.25) is 14.5 Å². The molecule has 0 aliphatic carbocycles. The number of ketones is 1. The molecule has 8 nitrogen and oxygen atoms in total. The van der Waals surface area contributed by atoms with Crippen LogP contribution in [0.2, 0.25) is 0 Å². The normalized spacial score (nSPS) is 16.8. The molecular formula is C28H28N2O6S. The summed E-state index contributed by atoms with van der Waals surface area (Å²) in [4.78, 5) is 44.7. The summed E-state index contributed by atoms with van der Waals surface area (Å²) in [5, 5.41) is 11.5. The minimum absolute atomic E-state index is 0.0547. The number of aliphatic hydroxyl groups is 1. The van der Waals surface area contributed by atoms with Crippen molar-refractivity contribution in [3.63, 3.8) is 0 Å². The second kappa shape index (κ2) is 11.0. The fraction of sp³-hybridized carbons (Fsp3) is 0.286. The Morgan fingerprint density at radius 1 is 1.08 bits per heavy atom.